The number of amides is 1. The van der Waals surface area contributed by atoms with Crippen LogP contribution in [-0.4, -0.2) is 29.3 Å². The third-order valence-electron chi connectivity index (χ3n) is 6.47. The number of nitrogens with one attached hydrogen (secondary N) is 2. The zero-order valence-corrected chi connectivity index (χ0v) is 24.7. The van der Waals surface area contributed by atoms with Crippen LogP contribution < -0.4 is 14.3 Å². The summed E-state index contributed by atoms with van der Waals surface area (Å²) in [5, 5.41) is 4.62. The van der Waals surface area contributed by atoms with Crippen LogP contribution in [0.15, 0.2) is 125 Å². The summed E-state index contributed by atoms with van der Waals surface area (Å²) in [7, 11) is -8.05. The average molecular weight is 620 g/mol. The van der Waals surface area contributed by atoms with Crippen LogP contribution in [0.4, 0.5) is 17.1 Å². The Kier molecular flexibility index (Phi) is 8.22. The second-order valence-corrected chi connectivity index (χ2v) is 13.5. The van der Waals surface area contributed by atoms with Crippen molar-refractivity contribution < 1.29 is 21.6 Å². The lowest BCUT2D eigenvalue weighted by atomic mass is 10.1. The van der Waals surface area contributed by atoms with Gasteiger partial charge in [0.05, 0.1) is 21.2 Å². The summed E-state index contributed by atoms with van der Waals surface area (Å²) in [6.07, 6.45) is 0. The summed E-state index contributed by atoms with van der Waals surface area (Å²) in [4.78, 5) is 13.1. The molecule has 0 atom stereocenters. The number of rotatable bonds is 9. The number of carbonyl (C=O) groups is 1. The number of carbonyl (C=O) groups excluding carboxylic acids is 1. The highest BCUT2D eigenvalue weighted by Crippen LogP contribution is 2.28. The van der Waals surface area contributed by atoms with E-state index < -0.39 is 32.5 Å². The Morgan fingerprint density at radius 1 is 0.762 bits per heavy atom. The van der Waals surface area contributed by atoms with Crippen LogP contribution in [-0.2, 0) is 24.8 Å². The standard InChI is InChI=1S/C31H26ClN3O5S2/c1-22-12-16-28(17-13-22)42(39,40)35(26-9-5-8-24(32)20-26)21-31(36)33-25-14-18-27(19-15-25)41(37,38)34-30-11-4-7-23-6-2-3-10-29(23)30/h2-20,34H,21H2,1H3,(H,33,36). The first kappa shape index (κ1) is 29.1. The number of halogens is 1. The molecule has 0 aliphatic heterocycles. The van der Waals surface area contributed by atoms with Gasteiger partial charge in [0.1, 0.15) is 6.54 Å². The van der Waals surface area contributed by atoms with E-state index in [-0.39, 0.29) is 15.5 Å². The lowest BCUT2D eigenvalue weighted by Gasteiger charge is -2.24. The summed E-state index contributed by atoms with van der Waals surface area (Å²) in [6, 6.07) is 30.9. The number of aryl methyl sites for hydroxylation is 1. The lowest BCUT2D eigenvalue weighted by Crippen LogP contribution is -2.38. The van der Waals surface area contributed by atoms with Gasteiger partial charge in [0.15, 0.2) is 0 Å². The smallest absolute Gasteiger partial charge is 0.264 e. The average Bonchev–Trinajstić information content (AvgIpc) is 2.96. The van der Waals surface area contributed by atoms with Crippen molar-refractivity contribution in [1.29, 1.82) is 0 Å². The summed E-state index contributed by atoms with van der Waals surface area (Å²) >= 11 is 6.13. The van der Waals surface area contributed by atoms with Gasteiger partial charge in [-0.15, -0.1) is 0 Å². The molecular weight excluding hydrogens is 594 g/mol. The molecular formula is C31H26ClN3O5S2. The van der Waals surface area contributed by atoms with Crippen molar-refractivity contribution in [1.82, 2.24) is 0 Å². The Hall–Kier alpha value is -4.38. The Morgan fingerprint density at radius 3 is 2.12 bits per heavy atom. The van der Waals surface area contributed by atoms with E-state index in [4.69, 9.17) is 11.6 Å². The zero-order chi connectivity index (χ0) is 29.9. The van der Waals surface area contributed by atoms with Crippen molar-refractivity contribution in [3.05, 3.63) is 126 Å². The molecule has 0 bridgehead atoms. The number of fused-ring (bicyclic) bond motifs is 1. The number of hydrogen-bond acceptors (Lipinski definition) is 5. The molecule has 0 radical (unpaired) electrons. The second kappa shape index (κ2) is 11.8. The molecule has 1 amide bonds. The van der Waals surface area contributed by atoms with Gasteiger partial charge in [0.2, 0.25) is 5.91 Å². The lowest BCUT2D eigenvalue weighted by molar-refractivity contribution is -0.114. The second-order valence-electron chi connectivity index (χ2n) is 9.51. The highest BCUT2D eigenvalue weighted by atomic mass is 35.5. The monoisotopic (exact) mass is 619 g/mol. The van der Waals surface area contributed by atoms with Crippen LogP contribution in [0, 0.1) is 6.92 Å². The highest BCUT2D eigenvalue weighted by molar-refractivity contribution is 7.93. The fourth-order valence-corrected chi connectivity index (χ4v) is 7.03. The fourth-order valence-electron chi connectivity index (χ4n) is 4.35. The molecule has 5 aromatic carbocycles. The maximum Gasteiger partial charge on any atom is 0.264 e. The number of nitrogens with zero attached hydrogens (tertiary/aromatic N) is 1. The Bertz CT molecular complexity index is 1970. The molecule has 0 fully saturated rings. The number of anilines is 3. The van der Waals surface area contributed by atoms with E-state index in [0.29, 0.717) is 16.4 Å². The minimum atomic E-state index is -4.12. The van der Waals surface area contributed by atoms with Gasteiger partial charge in [-0.1, -0.05) is 71.8 Å². The van der Waals surface area contributed by atoms with Crippen LogP contribution in [0.5, 0.6) is 0 Å². The largest absolute Gasteiger partial charge is 0.325 e. The predicted octanol–water partition coefficient (Wildman–Crippen LogP) is 6.44. The zero-order valence-electron chi connectivity index (χ0n) is 22.4. The third-order valence-corrected chi connectivity index (χ3v) is 9.88. The maximum atomic E-state index is 13.6. The molecule has 11 heteroatoms. The van der Waals surface area contributed by atoms with Gasteiger partial charge in [-0.3, -0.25) is 13.8 Å². The molecule has 0 aromatic heterocycles. The Labute approximate surface area is 249 Å². The number of benzene rings is 5. The Morgan fingerprint density at radius 2 is 1.40 bits per heavy atom. The van der Waals surface area contributed by atoms with Crippen molar-refractivity contribution >= 4 is 65.4 Å². The quantitative estimate of drug-likeness (QED) is 0.197. The van der Waals surface area contributed by atoms with E-state index in [0.717, 1.165) is 20.6 Å². The van der Waals surface area contributed by atoms with Crippen molar-refractivity contribution in [2.45, 2.75) is 16.7 Å². The minimum absolute atomic E-state index is 0.00376. The molecule has 42 heavy (non-hydrogen) atoms. The van der Waals surface area contributed by atoms with Crippen LogP contribution in [0.25, 0.3) is 10.8 Å². The molecule has 5 rings (SSSR count). The fraction of sp³-hybridized carbons (Fsp3) is 0.0645. The van der Waals surface area contributed by atoms with Crippen molar-refractivity contribution in [2.24, 2.45) is 0 Å². The molecule has 214 valence electrons. The first-order valence-corrected chi connectivity index (χ1v) is 16.1. The molecule has 0 unspecified atom stereocenters. The minimum Gasteiger partial charge on any atom is -0.325 e. The number of hydrogen-bond donors (Lipinski definition) is 2. The van der Waals surface area contributed by atoms with E-state index >= 15 is 0 Å². The number of sulfonamides is 2. The molecule has 0 aliphatic carbocycles. The van der Waals surface area contributed by atoms with Gasteiger partial charge in [-0.25, -0.2) is 16.8 Å². The Balaban J connectivity index is 1.34. The van der Waals surface area contributed by atoms with Crippen molar-refractivity contribution in [3.63, 3.8) is 0 Å². The maximum absolute atomic E-state index is 13.6. The summed E-state index contributed by atoms with van der Waals surface area (Å²) < 4.78 is 56.9. The summed E-state index contributed by atoms with van der Waals surface area (Å²) in [6.45, 7) is 1.30. The van der Waals surface area contributed by atoms with Gasteiger partial charge in [-0.2, -0.15) is 0 Å². The summed E-state index contributed by atoms with van der Waals surface area (Å²) in [5.41, 5.74) is 1.85. The third kappa shape index (κ3) is 6.41. The van der Waals surface area contributed by atoms with Crippen LogP contribution >= 0.6 is 11.6 Å². The highest BCUT2D eigenvalue weighted by Gasteiger charge is 2.27. The molecule has 8 nitrogen and oxygen atoms in total. The molecule has 0 spiro atoms. The van der Waals surface area contributed by atoms with Crippen molar-refractivity contribution in [3.8, 4) is 0 Å². The molecule has 0 saturated heterocycles. The van der Waals surface area contributed by atoms with E-state index in [9.17, 15) is 21.6 Å². The van der Waals surface area contributed by atoms with E-state index in [2.05, 4.69) is 10.0 Å². The van der Waals surface area contributed by atoms with Crippen LogP contribution in [0.2, 0.25) is 5.02 Å². The van der Waals surface area contributed by atoms with Gasteiger partial charge in [-0.05, 0) is 73.0 Å². The van der Waals surface area contributed by atoms with Gasteiger partial charge < -0.3 is 5.32 Å². The molecule has 0 heterocycles. The van der Waals surface area contributed by atoms with E-state index in [1.165, 1.54) is 42.5 Å². The molecule has 2 N–H and O–H groups in total. The normalized spacial score (nSPS) is 11.7. The SMILES string of the molecule is Cc1ccc(S(=O)(=O)N(CC(=O)Nc2ccc(S(=O)(=O)Nc3cccc4ccccc34)cc2)c2cccc(Cl)c2)cc1. The van der Waals surface area contributed by atoms with Gasteiger partial charge in [0, 0.05) is 16.1 Å². The van der Waals surface area contributed by atoms with E-state index in [1.54, 1.807) is 42.5 Å². The molecule has 0 aliphatic rings. The van der Waals surface area contributed by atoms with Crippen molar-refractivity contribution in [2.75, 3.05) is 20.9 Å². The van der Waals surface area contributed by atoms with Gasteiger partial charge in [0.25, 0.3) is 20.0 Å². The van der Waals surface area contributed by atoms with Crippen LogP contribution in [0.1, 0.15) is 5.56 Å². The van der Waals surface area contributed by atoms with Crippen LogP contribution in [0.3, 0.4) is 0 Å². The summed E-state index contributed by atoms with van der Waals surface area (Å²) in [5.74, 6) is -0.629. The first-order valence-electron chi connectivity index (χ1n) is 12.8. The topological polar surface area (TPSA) is 113 Å². The predicted molar refractivity (Wildman–Crippen MR) is 167 cm³/mol. The van der Waals surface area contributed by atoms with E-state index in [1.807, 2.05) is 37.3 Å². The molecule has 5 aromatic rings. The van der Waals surface area contributed by atoms with Gasteiger partial charge >= 0.3 is 0 Å². The molecule has 0 saturated carbocycles. The first-order chi connectivity index (χ1) is 20.0.